The second-order valence-electron chi connectivity index (χ2n) is 8.21. The van der Waals surface area contributed by atoms with Gasteiger partial charge in [-0.1, -0.05) is 44.2 Å². The molecule has 1 atom stereocenters. The summed E-state index contributed by atoms with van der Waals surface area (Å²) in [5.41, 5.74) is 1.40. The molecule has 0 spiro atoms. The molecule has 1 heterocycles. The number of rotatable bonds is 8. The van der Waals surface area contributed by atoms with Gasteiger partial charge >= 0.3 is 0 Å². The SMILES string of the molecule is CC(C)[C@H](NC(=O)c1c(F)cccc1F)C(=O)NCc1ccc(CN2CCOCC2)cc1. The van der Waals surface area contributed by atoms with Crippen LogP contribution >= 0.6 is 0 Å². The van der Waals surface area contributed by atoms with Crippen LogP contribution < -0.4 is 10.6 Å². The fraction of sp³-hybridized carbons (Fsp3) is 0.417. The average molecular weight is 446 g/mol. The Hall–Kier alpha value is -2.84. The third-order valence-electron chi connectivity index (χ3n) is 5.43. The van der Waals surface area contributed by atoms with E-state index in [1.165, 1.54) is 11.6 Å². The van der Waals surface area contributed by atoms with Crippen molar-refractivity contribution in [2.75, 3.05) is 26.3 Å². The molecule has 2 N–H and O–H groups in total. The Morgan fingerprint density at radius 2 is 1.59 bits per heavy atom. The lowest BCUT2D eigenvalue weighted by atomic mass is 10.0. The minimum Gasteiger partial charge on any atom is -0.379 e. The molecule has 1 saturated heterocycles. The maximum absolute atomic E-state index is 13.9. The number of morpholine rings is 1. The predicted molar refractivity (Wildman–Crippen MR) is 117 cm³/mol. The van der Waals surface area contributed by atoms with E-state index in [0.29, 0.717) is 0 Å². The Kier molecular flexibility index (Phi) is 8.30. The van der Waals surface area contributed by atoms with Crippen LogP contribution in [0.5, 0.6) is 0 Å². The number of carbonyl (C=O) groups is 2. The van der Waals surface area contributed by atoms with E-state index in [4.69, 9.17) is 4.74 Å². The van der Waals surface area contributed by atoms with Gasteiger partial charge < -0.3 is 15.4 Å². The van der Waals surface area contributed by atoms with Gasteiger partial charge in [-0.2, -0.15) is 0 Å². The molecule has 32 heavy (non-hydrogen) atoms. The van der Waals surface area contributed by atoms with E-state index in [2.05, 4.69) is 15.5 Å². The molecule has 0 aromatic heterocycles. The van der Waals surface area contributed by atoms with Crippen LogP contribution in [0.15, 0.2) is 42.5 Å². The molecular formula is C24H29F2N3O3. The highest BCUT2D eigenvalue weighted by atomic mass is 19.1. The molecule has 0 bridgehead atoms. The van der Waals surface area contributed by atoms with Gasteiger partial charge in [-0.3, -0.25) is 14.5 Å². The summed E-state index contributed by atoms with van der Waals surface area (Å²) in [7, 11) is 0. The molecule has 0 radical (unpaired) electrons. The number of hydrogen-bond acceptors (Lipinski definition) is 4. The third-order valence-corrected chi connectivity index (χ3v) is 5.43. The molecule has 3 rings (SSSR count). The smallest absolute Gasteiger partial charge is 0.257 e. The number of halogens is 2. The minimum atomic E-state index is -0.970. The highest BCUT2D eigenvalue weighted by molar-refractivity contribution is 5.98. The number of carbonyl (C=O) groups excluding carboxylic acids is 2. The van der Waals surface area contributed by atoms with E-state index in [9.17, 15) is 18.4 Å². The topological polar surface area (TPSA) is 70.7 Å². The highest BCUT2D eigenvalue weighted by Crippen LogP contribution is 2.14. The number of ether oxygens (including phenoxy) is 1. The highest BCUT2D eigenvalue weighted by Gasteiger charge is 2.27. The fourth-order valence-electron chi connectivity index (χ4n) is 3.54. The van der Waals surface area contributed by atoms with Gasteiger partial charge in [-0.15, -0.1) is 0 Å². The molecule has 2 amide bonds. The quantitative estimate of drug-likeness (QED) is 0.656. The standard InChI is InChI=1S/C24H29F2N3O3/c1-16(2)22(28-23(30)21-19(25)4-3-5-20(21)26)24(31)27-14-17-6-8-18(9-7-17)15-29-10-12-32-13-11-29/h3-9,16,22H,10-15H2,1-2H3,(H,27,31)(H,28,30)/t22-/m0/s1. The van der Waals surface area contributed by atoms with Gasteiger partial charge in [0.05, 0.1) is 13.2 Å². The third kappa shape index (κ3) is 6.34. The number of amides is 2. The maximum atomic E-state index is 13.9. The first-order valence-electron chi connectivity index (χ1n) is 10.8. The summed E-state index contributed by atoms with van der Waals surface area (Å²) in [5.74, 6) is -3.58. The Bertz CT molecular complexity index is 908. The van der Waals surface area contributed by atoms with Crippen molar-refractivity contribution < 1.29 is 23.1 Å². The first-order chi connectivity index (χ1) is 15.3. The fourth-order valence-corrected chi connectivity index (χ4v) is 3.54. The minimum absolute atomic E-state index is 0.273. The number of nitrogens with one attached hydrogen (secondary N) is 2. The summed E-state index contributed by atoms with van der Waals surface area (Å²) < 4.78 is 33.1. The Balaban J connectivity index is 1.56. The molecule has 0 aliphatic carbocycles. The molecule has 0 unspecified atom stereocenters. The van der Waals surface area contributed by atoms with Gasteiger partial charge in [0.1, 0.15) is 23.2 Å². The lowest BCUT2D eigenvalue weighted by molar-refractivity contribution is -0.124. The van der Waals surface area contributed by atoms with E-state index in [1.807, 2.05) is 24.3 Å². The van der Waals surface area contributed by atoms with Crippen molar-refractivity contribution in [3.63, 3.8) is 0 Å². The Morgan fingerprint density at radius 3 is 2.19 bits per heavy atom. The number of hydrogen-bond donors (Lipinski definition) is 2. The molecule has 2 aromatic rings. The van der Waals surface area contributed by atoms with Crippen LogP contribution in [-0.4, -0.2) is 49.1 Å². The number of nitrogens with zero attached hydrogens (tertiary/aromatic N) is 1. The van der Waals surface area contributed by atoms with Crippen LogP contribution in [-0.2, 0) is 22.6 Å². The van der Waals surface area contributed by atoms with Gasteiger partial charge in [0.2, 0.25) is 5.91 Å². The van der Waals surface area contributed by atoms with Gasteiger partial charge in [0.15, 0.2) is 0 Å². The average Bonchev–Trinajstić information content (AvgIpc) is 2.77. The summed E-state index contributed by atoms with van der Waals surface area (Å²) in [6.07, 6.45) is 0. The van der Waals surface area contributed by atoms with Gasteiger partial charge in [0, 0.05) is 26.2 Å². The summed E-state index contributed by atoms with van der Waals surface area (Å²) in [4.78, 5) is 27.4. The zero-order chi connectivity index (χ0) is 23.1. The molecule has 1 fully saturated rings. The van der Waals surface area contributed by atoms with Crippen molar-refractivity contribution in [3.05, 3.63) is 70.8 Å². The van der Waals surface area contributed by atoms with Crippen LogP contribution in [0.2, 0.25) is 0 Å². The van der Waals surface area contributed by atoms with Gasteiger partial charge in [0.25, 0.3) is 5.91 Å². The molecule has 0 saturated carbocycles. The summed E-state index contributed by atoms with van der Waals surface area (Å²) >= 11 is 0. The molecule has 6 nitrogen and oxygen atoms in total. The second-order valence-corrected chi connectivity index (χ2v) is 8.21. The molecule has 1 aliphatic rings. The first-order valence-corrected chi connectivity index (χ1v) is 10.8. The molecule has 2 aromatic carbocycles. The van der Waals surface area contributed by atoms with Crippen LogP contribution in [0.1, 0.15) is 35.3 Å². The lowest BCUT2D eigenvalue weighted by Crippen LogP contribution is -2.49. The Morgan fingerprint density at radius 1 is 1.00 bits per heavy atom. The summed E-state index contributed by atoms with van der Waals surface area (Å²) in [6.45, 7) is 7.97. The number of benzene rings is 2. The largest absolute Gasteiger partial charge is 0.379 e. The van der Waals surface area contributed by atoms with Gasteiger partial charge in [-0.25, -0.2) is 8.78 Å². The van der Waals surface area contributed by atoms with Crippen LogP contribution in [0.3, 0.4) is 0 Å². The molecule has 1 aliphatic heterocycles. The van der Waals surface area contributed by atoms with E-state index >= 15 is 0 Å². The van der Waals surface area contributed by atoms with Crippen LogP contribution in [0.4, 0.5) is 8.78 Å². The normalized spacial score (nSPS) is 15.4. The zero-order valence-corrected chi connectivity index (χ0v) is 18.4. The van der Waals surface area contributed by atoms with Crippen molar-refractivity contribution in [3.8, 4) is 0 Å². The monoisotopic (exact) mass is 445 g/mol. The van der Waals surface area contributed by atoms with E-state index in [-0.39, 0.29) is 12.5 Å². The molecule has 172 valence electrons. The molecular weight excluding hydrogens is 416 g/mol. The lowest BCUT2D eigenvalue weighted by Gasteiger charge is -2.26. The van der Waals surface area contributed by atoms with Crippen LogP contribution in [0.25, 0.3) is 0 Å². The van der Waals surface area contributed by atoms with Crippen molar-refractivity contribution >= 4 is 11.8 Å². The predicted octanol–water partition coefficient (Wildman–Crippen LogP) is 2.87. The first kappa shape index (κ1) is 23.8. The van der Waals surface area contributed by atoms with E-state index in [0.717, 1.165) is 50.5 Å². The van der Waals surface area contributed by atoms with Crippen molar-refractivity contribution in [2.45, 2.75) is 33.0 Å². The van der Waals surface area contributed by atoms with Crippen molar-refractivity contribution in [1.29, 1.82) is 0 Å². The van der Waals surface area contributed by atoms with Gasteiger partial charge in [-0.05, 0) is 29.2 Å². The molecule has 8 heteroatoms. The van der Waals surface area contributed by atoms with E-state index < -0.39 is 35.1 Å². The van der Waals surface area contributed by atoms with Crippen molar-refractivity contribution in [2.24, 2.45) is 5.92 Å². The van der Waals surface area contributed by atoms with Crippen LogP contribution in [0, 0.1) is 17.6 Å². The van der Waals surface area contributed by atoms with E-state index in [1.54, 1.807) is 13.8 Å². The summed E-state index contributed by atoms with van der Waals surface area (Å²) in [6, 6.07) is 10.2. The Labute approximate surface area is 186 Å². The second kappa shape index (κ2) is 11.2. The maximum Gasteiger partial charge on any atom is 0.257 e. The summed E-state index contributed by atoms with van der Waals surface area (Å²) in [5, 5.41) is 5.26. The van der Waals surface area contributed by atoms with Crippen molar-refractivity contribution in [1.82, 2.24) is 15.5 Å². The zero-order valence-electron chi connectivity index (χ0n) is 18.4.